The van der Waals surface area contributed by atoms with E-state index in [0.29, 0.717) is 11.3 Å². The minimum Gasteiger partial charge on any atom is -0.366 e. The topological polar surface area (TPSA) is 100 Å². The van der Waals surface area contributed by atoms with Crippen molar-refractivity contribution in [2.75, 3.05) is 13.1 Å². The molecule has 17 heavy (non-hydrogen) atoms. The summed E-state index contributed by atoms with van der Waals surface area (Å²) >= 11 is 0. The van der Waals surface area contributed by atoms with Gasteiger partial charge in [-0.2, -0.15) is 0 Å². The first kappa shape index (κ1) is 11.7. The predicted octanol–water partition coefficient (Wildman–Crippen LogP) is -0.405. The molecule has 1 saturated heterocycles. The Morgan fingerprint density at radius 2 is 2.29 bits per heavy atom. The van der Waals surface area contributed by atoms with Gasteiger partial charge in [-0.05, 0) is 25.5 Å². The summed E-state index contributed by atoms with van der Waals surface area (Å²) in [5.41, 5.74) is 5.79. The van der Waals surface area contributed by atoms with Crippen LogP contribution in [0.15, 0.2) is 12.3 Å². The van der Waals surface area contributed by atoms with Crippen LogP contribution in [0, 0.1) is 0 Å². The summed E-state index contributed by atoms with van der Waals surface area (Å²) in [7, 11) is 0. The van der Waals surface area contributed by atoms with E-state index in [0.717, 1.165) is 25.9 Å². The van der Waals surface area contributed by atoms with Crippen LogP contribution >= 0.6 is 0 Å². The van der Waals surface area contributed by atoms with Gasteiger partial charge < -0.3 is 21.4 Å². The van der Waals surface area contributed by atoms with Crippen molar-refractivity contribution >= 4 is 11.8 Å². The maximum atomic E-state index is 11.8. The Morgan fingerprint density at radius 1 is 1.47 bits per heavy atom. The fourth-order valence-electron chi connectivity index (χ4n) is 1.91. The number of nitrogens with two attached hydrogens (primary N) is 1. The second-order valence-corrected chi connectivity index (χ2v) is 4.18. The van der Waals surface area contributed by atoms with E-state index in [1.54, 1.807) is 0 Å². The first-order valence-electron chi connectivity index (χ1n) is 5.66. The molecular weight excluding hydrogens is 220 g/mol. The highest BCUT2D eigenvalue weighted by molar-refractivity contribution is 5.98. The molecule has 92 valence electrons. The molecule has 0 spiro atoms. The van der Waals surface area contributed by atoms with Gasteiger partial charge in [0.25, 0.3) is 5.91 Å². The molecule has 0 bridgehead atoms. The molecule has 2 heterocycles. The number of primary amides is 1. The van der Waals surface area contributed by atoms with Crippen LogP contribution in [0.3, 0.4) is 0 Å². The van der Waals surface area contributed by atoms with Gasteiger partial charge in [-0.1, -0.05) is 0 Å². The summed E-state index contributed by atoms with van der Waals surface area (Å²) in [5.74, 6) is -0.745. The van der Waals surface area contributed by atoms with Gasteiger partial charge >= 0.3 is 0 Å². The number of piperidine rings is 1. The van der Waals surface area contributed by atoms with Crippen molar-refractivity contribution in [1.82, 2.24) is 15.6 Å². The summed E-state index contributed by atoms with van der Waals surface area (Å²) in [6.45, 7) is 1.79. The van der Waals surface area contributed by atoms with Crippen molar-refractivity contribution in [2.24, 2.45) is 5.73 Å². The third kappa shape index (κ3) is 2.85. The molecule has 1 aromatic heterocycles. The zero-order valence-corrected chi connectivity index (χ0v) is 9.45. The number of carbonyl (C=O) groups excluding carboxylic acids is 2. The Morgan fingerprint density at radius 3 is 2.88 bits per heavy atom. The Bertz CT molecular complexity index is 421. The van der Waals surface area contributed by atoms with Crippen molar-refractivity contribution < 1.29 is 9.59 Å². The molecule has 1 fully saturated rings. The molecule has 5 N–H and O–H groups in total. The van der Waals surface area contributed by atoms with Gasteiger partial charge in [-0.3, -0.25) is 9.59 Å². The summed E-state index contributed by atoms with van der Waals surface area (Å²) in [5, 5.41) is 6.12. The molecule has 0 radical (unpaired) electrons. The van der Waals surface area contributed by atoms with Crippen LogP contribution in [-0.4, -0.2) is 35.9 Å². The first-order valence-corrected chi connectivity index (χ1v) is 5.66. The van der Waals surface area contributed by atoms with Crippen molar-refractivity contribution in [3.8, 4) is 0 Å². The number of H-pyrrole nitrogens is 1. The van der Waals surface area contributed by atoms with Gasteiger partial charge in [0.15, 0.2) is 0 Å². The Labute approximate surface area is 99.0 Å². The van der Waals surface area contributed by atoms with Crippen molar-refractivity contribution in [2.45, 2.75) is 18.9 Å². The number of aromatic nitrogens is 1. The molecule has 0 aromatic carbocycles. The molecule has 1 aliphatic rings. The van der Waals surface area contributed by atoms with Gasteiger partial charge in [0.1, 0.15) is 5.69 Å². The standard InChI is InChI=1S/C11H16N4O2/c12-10(16)7-4-9(14-5-7)11(17)15-8-2-1-3-13-6-8/h4-5,8,13-14H,1-3,6H2,(H2,12,16)(H,15,17)/t8-/m0/s1. The van der Waals surface area contributed by atoms with Crippen molar-refractivity contribution in [3.63, 3.8) is 0 Å². The van der Waals surface area contributed by atoms with E-state index in [-0.39, 0.29) is 11.9 Å². The fraction of sp³-hybridized carbons (Fsp3) is 0.455. The number of aromatic amines is 1. The Hall–Kier alpha value is -1.82. The highest BCUT2D eigenvalue weighted by atomic mass is 16.2. The van der Waals surface area contributed by atoms with E-state index in [2.05, 4.69) is 15.6 Å². The van der Waals surface area contributed by atoms with Gasteiger partial charge in [0, 0.05) is 18.8 Å². The van der Waals surface area contributed by atoms with Crippen molar-refractivity contribution in [1.29, 1.82) is 0 Å². The smallest absolute Gasteiger partial charge is 0.267 e. The van der Waals surface area contributed by atoms with Crippen LogP contribution in [0.1, 0.15) is 33.7 Å². The lowest BCUT2D eigenvalue weighted by Gasteiger charge is -2.23. The molecule has 0 saturated carbocycles. The van der Waals surface area contributed by atoms with Crippen LogP contribution < -0.4 is 16.4 Å². The van der Waals surface area contributed by atoms with Gasteiger partial charge in [0.2, 0.25) is 5.91 Å². The summed E-state index contributed by atoms with van der Waals surface area (Å²) in [6.07, 6.45) is 3.47. The first-order chi connectivity index (χ1) is 8.16. The lowest BCUT2D eigenvalue weighted by molar-refractivity contribution is 0.0926. The number of hydrogen-bond donors (Lipinski definition) is 4. The third-order valence-electron chi connectivity index (χ3n) is 2.84. The predicted molar refractivity (Wildman–Crippen MR) is 62.7 cm³/mol. The molecule has 0 unspecified atom stereocenters. The largest absolute Gasteiger partial charge is 0.366 e. The lowest BCUT2D eigenvalue weighted by atomic mass is 10.1. The molecule has 1 aromatic rings. The number of carbonyl (C=O) groups is 2. The summed E-state index contributed by atoms with van der Waals surface area (Å²) in [6, 6.07) is 1.62. The van der Waals surface area contributed by atoms with Crippen LogP contribution in [0.2, 0.25) is 0 Å². The number of amides is 2. The average Bonchev–Trinajstić information content (AvgIpc) is 2.79. The molecule has 6 heteroatoms. The average molecular weight is 236 g/mol. The molecule has 2 amide bonds. The van der Waals surface area contributed by atoms with E-state index in [1.807, 2.05) is 0 Å². The van der Waals surface area contributed by atoms with Crippen LogP contribution in [0.25, 0.3) is 0 Å². The van der Waals surface area contributed by atoms with Gasteiger partial charge in [-0.25, -0.2) is 0 Å². The number of nitrogens with one attached hydrogen (secondary N) is 3. The zero-order chi connectivity index (χ0) is 12.3. The molecule has 1 aliphatic heterocycles. The van der Waals surface area contributed by atoms with Crippen LogP contribution in [0.4, 0.5) is 0 Å². The van der Waals surface area contributed by atoms with Crippen LogP contribution in [-0.2, 0) is 0 Å². The molecular formula is C11H16N4O2. The molecule has 1 atom stereocenters. The minimum absolute atomic E-state index is 0.150. The monoisotopic (exact) mass is 236 g/mol. The van der Waals surface area contributed by atoms with E-state index in [9.17, 15) is 9.59 Å². The molecule has 0 aliphatic carbocycles. The van der Waals surface area contributed by atoms with Crippen molar-refractivity contribution in [3.05, 3.63) is 23.5 Å². The highest BCUT2D eigenvalue weighted by Gasteiger charge is 2.17. The van der Waals surface area contributed by atoms with E-state index < -0.39 is 5.91 Å². The minimum atomic E-state index is -0.542. The van der Waals surface area contributed by atoms with E-state index in [4.69, 9.17) is 5.73 Å². The quantitative estimate of drug-likeness (QED) is 0.574. The number of rotatable bonds is 3. The Balaban J connectivity index is 1.96. The maximum absolute atomic E-state index is 11.8. The van der Waals surface area contributed by atoms with Gasteiger partial charge in [0.05, 0.1) is 5.56 Å². The fourth-order valence-corrected chi connectivity index (χ4v) is 1.91. The third-order valence-corrected chi connectivity index (χ3v) is 2.84. The summed E-state index contributed by atoms with van der Waals surface area (Å²) < 4.78 is 0. The van der Waals surface area contributed by atoms with Gasteiger partial charge in [-0.15, -0.1) is 0 Å². The number of hydrogen-bond acceptors (Lipinski definition) is 3. The Kier molecular flexibility index (Phi) is 3.43. The lowest BCUT2D eigenvalue weighted by Crippen LogP contribution is -2.45. The second kappa shape index (κ2) is 5.01. The summed E-state index contributed by atoms with van der Waals surface area (Å²) in [4.78, 5) is 25.5. The molecule has 6 nitrogen and oxygen atoms in total. The maximum Gasteiger partial charge on any atom is 0.267 e. The van der Waals surface area contributed by atoms with E-state index in [1.165, 1.54) is 12.3 Å². The SMILES string of the molecule is NC(=O)c1c[nH]c(C(=O)N[C@H]2CCCNC2)c1. The highest BCUT2D eigenvalue weighted by Crippen LogP contribution is 2.05. The second-order valence-electron chi connectivity index (χ2n) is 4.18. The van der Waals surface area contributed by atoms with Crippen LogP contribution in [0.5, 0.6) is 0 Å². The zero-order valence-electron chi connectivity index (χ0n) is 9.45. The molecule has 2 rings (SSSR count). The van der Waals surface area contributed by atoms with E-state index >= 15 is 0 Å². The normalized spacial score (nSPS) is 19.9.